The summed E-state index contributed by atoms with van der Waals surface area (Å²) in [6, 6.07) is 8.51. The number of nitro benzene ring substituents is 1. The monoisotopic (exact) mass is 309 g/mol. The number of benzene rings is 2. The fraction of sp³-hybridized carbons (Fsp3) is 0. The van der Waals surface area contributed by atoms with Crippen molar-refractivity contribution in [3.8, 4) is 5.75 Å². The van der Waals surface area contributed by atoms with Crippen molar-refractivity contribution in [1.82, 2.24) is 0 Å². The zero-order valence-corrected chi connectivity index (χ0v) is 11.4. The van der Waals surface area contributed by atoms with E-state index in [1.807, 2.05) is 0 Å². The fourth-order valence-electron chi connectivity index (χ4n) is 1.57. The van der Waals surface area contributed by atoms with E-state index in [2.05, 4.69) is 4.72 Å². The smallest absolute Gasteiger partial charge is 0.273 e. The lowest BCUT2D eigenvalue weighted by atomic mass is 10.2. The summed E-state index contributed by atoms with van der Waals surface area (Å²) in [6.45, 7) is 0. The highest BCUT2D eigenvalue weighted by Crippen LogP contribution is 2.29. The molecule has 0 heterocycles. The van der Waals surface area contributed by atoms with Gasteiger partial charge < -0.3 is 10.8 Å². The third-order valence-electron chi connectivity index (χ3n) is 2.63. The largest absolute Gasteiger partial charge is 0.505 e. The summed E-state index contributed by atoms with van der Waals surface area (Å²) in [5.41, 5.74) is 5.38. The van der Waals surface area contributed by atoms with Gasteiger partial charge in [0.2, 0.25) is 0 Å². The molecule has 4 N–H and O–H groups in total. The van der Waals surface area contributed by atoms with Crippen LogP contribution in [-0.4, -0.2) is 18.4 Å². The summed E-state index contributed by atoms with van der Waals surface area (Å²) >= 11 is 0. The summed E-state index contributed by atoms with van der Waals surface area (Å²) in [6.07, 6.45) is 0. The van der Waals surface area contributed by atoms with Crippen molar-refractivity contribution in [3.05, 3.63) is 52.6 Å². The maximum absolute atomic E-state index is 12.1. The lowest BCUT2D eigenvalue weighted by Crippen LogP contribution is -2.13. The first-order valence-corrected chi connectivity index (χ1v) is 7.14. The third-order valence-corrected chi connectivity index (χ3v) is 4.01. The number of rotatable bonds is 4. The molecule has 0 amide bonds. The van der Waals surface area contributed by atoms with Crippen molar-refractivity contribution >= 4 is 27.1 Å². The van der Waals surface area contributed by atoms with Gasteiger partial charge in [-0.3, -0.25) is 14.8 Å². The number of nitrogens with zero attached hydrogens (tertiary/aromatic N) is 1. The lowest BCUT2D eigenvalue weighted by molar-refractivity contribution is -0.384. The van der Waals surface area contributed by atoms with Crippen LogP contribution >= 0.6 is 0 Å². The van der Waals surface area contributed by atoms with Crippen LogP contribution < -0.4 is 10.5 Å². The molecular formula is C12H11N3O5S. The number of nitro groups is 1. The first kappa shape index (κ1) is 14.6. The van der Waals surface area contributed by atoms with Gasteiger partial charge in [-0.05, 0) is 30.3 Å². The minimum atomic E-state index is -3.92. The SMILES string of the molecule is Nc1ccc(S(=O)(=O)Nc2ccc([N+](=O)[O-])cc2O)cc1. The second kappa shape index (κ2) is 5.29. The molecule has 9 heteroatoms. The number of nitrogens with two attached hydrogens (primary N) is 1. The van der Waals surface area contributed by atoms with Gasteiger partial charge in [-0.15, -0.1) is 0 Å². The molecule has 110 valence electrons. The van der Waals surface area contributed by atoms with Crippen LogP contribution in [0.4, 0.5) is 17.1 Å². The van der Waals surface area contributed by atoms with Crippen molar-refractivity contribution in [2.75, 3.05) is 10.5 Å². The Bertz CT molecular complexity index is 787. The minimum absolute atomic E-state index is 0.0468. The van der Waals surface area contributed by atoms with Crippen LogP contribution in [0.5, 0.6) is 5.75 Å². The molecule has 0 bridgehead atoms. The highest BCUT2D eigenvalue weighted by atomic mass is 32.2. The normalized spacial score (nSPS) is 11.0. The molecule has 0 radical (unpaired) electrons. The minimum Gasteiger partial charge on any atom is -0.505 e. The lowest BCUT2D eigenvalue weighted by Gasteiger charge is -2.09. The van der Waals surface area contributed by atoms with Gasteiger partial charge in [0.25, 0.3) is 15.7 Å². The zero-order chi connectivity index (χ0) is 15.6. The number of phenolic OH excluding ortho intramolecular Hbond substituents is 1. The van der Waals surface area contributed by atoms with E-state index in [0.29, 0.717) is 5.69 Å². The van der Waals surface area contributed by atoms with Crippen LogP contribution in [0.3, 0.4) is 0 Å². The number of non-ortho nitro benzene ring substituents is 1. The van der Waals surface area contributed by atoms with Gasteiger partial charge in [0.1, 0.15) is 5.75 Å². The number of aromatic hydroxyl groups is 1. The Hall–Kier alpha value is -2.81. The van der Waals surface area contributed by atoms with E-state index in [9.17, 15) is 23.6 Å². The summed E-state index contributed by atoms with van der Waals surface area (Å²) in [4.78, 5) is 9.80. The maximum atomic E-state index is 12.1. The van der Waals surface area contributed by atoms with Crippen LogP contribution in [0.15, 0.2) is 47.4 Å². The first-order valence-electron chi connectivity index (χ1n) is 5.65. The molecule has 8 nitrogen and oxygen atoms in total. The van der Waals surface area contributed by atoms with E-state index in [0.717, 1.165) is 18.2 Å². The molecule has 0 fully saturated rings. The van der Waals surface area contributed by atoms with Gasteiger partial charge in [0.15, 0.2) is 0 Å². The molecule has 0 saturated heterocycles. The standard InChI is InChI=1S/C12H11N3O5S/c13-8-1-4-10(5-2-8)21(19,20)14-11-6-3-9(15(17)18)7-12(11)16/h1-7,14,16H,13H2. The van der Waals surface area contributed by atoms with Gasteiger partial charge >= 0.3 is 0 Å². The number of sulfonamides is 1. The molecule has 0 aliphatic carbocycles. The van der Waals surface area contributed by atoms with Crippen molar-refractivity contribution in [2.24, 2.45) is 0 Å². The van der Waals surface area contributed by atoms with Crippen LogP contribution in [-0.2, 0) is 10.0 Å². The van der Waals surface area contributed by atoms with Gasteiger partial charge in [0, 0.05) is 11.8 Å². The molecule has 2 rings (SSSR count). The molecule has 0 unspecified atom stereocenters. The summed E-state index contributed by atoms with van der Waals surface area (Å²) < 4.78 is 26.3. The number of nitrogens with one attached hydrogen (secondary N) is 1. The van der Waals surface area contributed by atoms with Crippen LogP contribution in [0, 0.1) is 10.1 Å². The molecule has 0 saturated carbocycles. The van der Waals surface area contributed by atoms with Crippen LogP contribution in [0.2, 0.25) is 0 Å². The number of hydrogen-bond donors (Lipinski definition) is 3. The Morgan fingerprint density at radius 3 is 2.29 bits per heavy atom. The molecular weight excluding hydrogens is 298 g/mol. The molecule has 21 heavy (non-hydrogen) atoms. The van der Waals surface area contributed by atoms with Crippen LogP contribution in [0.25, 0.3) is 0 Å². The topological polar surface area (TPSA) is 136 Å². The average molecular weight is 309 g/mol. The van der Waals surface area contributed by atoms with Crippen molar-refractivity contribution in [3.63, 3.8) is 0 Å². The molecule has 0 aliphatic rings. The third kappa shape index (κ3) is 3.20. The first-order chi connectivity index (χ1) is 9.79. The van der Waals surface area contributed by atoms with Crippen molar-refractivity contribution in [1.29, 1.82) is 0 Å². The van der Waals surface area contributed by atoms with E-state index in [-0.39, 0.29) is 16.3 Å². The summed E-state index contributed by atoms with van der Waals surface area (Å²) in [5, 5.41) is 20.2. The number of nitrogen functional groups attached to an aromatic ring is 1. The van der Waals surface area contributed by atoms with E-state index >= 15 is 0 Å². The van der Waals surface area contributed by atoms with Crippen molar-refractivity contribution in [2.45, 2.75) is 4.90 Å². The highest BCUT2D eigenvalue weighted by Gasteiger charge is 2.17. The van der Waals surface area contributed by atoms with E-state index in [1.54, 1.807) is 0 Å². The second-order valence-corrected chi connectivity index (χ2v) is 5.82. The van der Waals surface area contributed by atoms with Gasteiger partial charge in [-0.1, -0.05) is 0 Å². The summed E-state index contributed by atoms with van der Waals surface area (Å²) in [7, 11) is -3.92. The maximum Gasteiger partial charge on any atom is 0.273 e. The number of hydrogen-bond acceptors (Lipinski definition) is 6. The summed E-state index contributed by atoms with van der Waals surface area (Å²) in [5.74, 6) is -0.539. The predicted molar refractivity (Wildman–Crippen MR) is 76.4 cm³/mol. The Morgan fingerprint density at radius 2 is 1.76 bits per heavy atom. The molecule has 0 aliphatic heterocycles. The van der Waals surface area contributed by atoms with Gasteiger partial charge in [-0.25, -0.2) is 8.42 Å². The molecule has 0 spiro atoms. The quantitative estimate of drug-likeness (QED) is 0.340. The Morgan fingerprint density at radius 1 is 1.14 bits per heavy atom. The number of anilines is 2. The highest BCUT2D eigenvalue weighted by molar-refractivity contribution is 7.92. The predicted octanol–water partition coefficient (Wildman–Crippen LogP) is 1.68. The molecule has 2 aromatic carbocycles. The molecule has 0 atom stereocenters. The Kier molecular flexibility index (Phi) is 3.68. The Labute approximate surface area is 120 Å². The van der Waals surface area contributed by atoms with Gasteiger partial charge in [-0.2, -0.15) is 0 Å². The van der Waals surface area contributed by atoms with E-state index in [4.69, 9.17) is 5.73 Å². The number of phenols is 1. The molecule has 2 aromatic rings. The molecule has 0 aromatic heterocycles. The van der Waals surface area contributed by atoms with E-state index < -0.39 is 20.7 Å². The Balaban J connectivity index is 2.32. The zero-order valence-electron chi connectivity index (χ0n) is 10.6. The van der Waals surface area contributed by atoms with Gasteiger partial charge in [0.05, 0.1) is 21.6 Å². The van der Waals surface area contributed by atoms with Crippen molar-refractivity contribution < 1.29 is 18.4 Å². The fourth-order valence-corrected chi connectivity index (χ4v) is 2.64. The second-order valence-electron chi connectivity index (χ2n) is 4.13. The van der Waals surface area contributed by atoms with Crippen LogP contribution in [0.1, 0.15) is 0 Å². The average Bonchev–Trinajstić information content (AvgIpc) is 2.41. The van der Waals surface area contributed by atoms with E-state index in [1.165, 1.54) is 24.3 Å².